The van der Waals surface area contributed by atoms with Gasteiger partial charge in [0.15, 0.2) is 0 Å². The van der Waals surface area contributed by atoms with Gasteiger partial charge in [0.2, 0.25) is 0 Å². The Morgan fingerprint density at radius 1 is 1.19 bits per heavy atom. The van der Waals surface area contributed by atoms with Gasteiger partial charge in [-0.3, -0.25) is 0 Å². The zero-order valence-electron chi connectivity index (χ0n) is 10.9. The average Bonchev–Trinajstić information content (AvgIpc) is 2.96. The van der Waals surface area contributed by atoms with Crippen molar-refractivity contribution >= 4 is 5.97 Å². The fraction of sp³-hybridized carbons (Fsp3) is 0.364. The number of carbonyl (C=O) groups excluding carboxylic acids is 1. The van der Waals surface area contributed by atoms with Gasteiger partial charge in [0, 0.05) is 5.56 Å². The molecule has 0 fully saturated rings. The summed E-state index contributed by atoms with van der Waals surface area (Å²) in [5.41, 5.74) is -3.55. The van der Waals surface area contributed by atoms with Gasteiger partial charge in [0.05, 0.1) is 14.2 Å². The predicted octanol–water partition coefficient (Wildman–Crippen LogP) is 3.03. The van der Waals surface area contributed by atoms with Crippen LogP contribution in [0.1, 0.15) is 15.9 Å². The summed E-state index contributed by atoms with van der Waals surface area (Å²) in [7, 11) is 2.37. The maximum Gasteiger partial charge on any atom is 0.442 e. The van der Waals surface area contributed by atoms with E-state index in [4.69, 9.17) is 4.74 Å². The molecule has 21 heavy (non-hydrogen) atoms. The highest BCUT2D eigenvalue weighted by Gasteiger charge is 2.60. The smallest absolute Gasteiger partial charge is 0.442 e. The van der Waals surface area contributed by atoms with Crippen LogP contribution in [-0.4, -0.2) is 26.4 Å². The lowest BCUT2D eigenvalue weighted by atomic mass is 9.97. The van der Waals surface area contributed by atoms with Gasteiger partial charge in [-0.25, -0.2) is 4.79 Å². The van der Waals surface area contributed by atoms with Crippen LogP contribution in [0.4, 0.5) is 13.2 Å². The van der Waals surface area contributed by atoms with E-state index in [-0.39, 0.29) is 11.3 Å². The molecule has 0 bridgehead atoms. The summed E-state index contributed by atoms with van der Waals surface area (Å²) >= 11 is 0. The van der Waals surface area contributed by atoms with Gasteiger partial charge in [-0.05, 0) is 22.6 Å². The minimum Gasteiger partial charge on any atom is -0.496 e. The minimum absolute atomic E-state index is 0.0646. The molecule has 1 aliphatic rings. The molecule has 0 unspecified atom stereocenters. The first kappa shape index (κ1) is 14.9. The number of benzene rings is 1. The highest BCUT2D eigenvalue weighted by atomic mass is 19.4. The van der Waals surface area contributed by atoms with Crippen LogP contribution in [0, 0.1) is 0 Å². The molecule has 1 heterocycles. The number of halogens is 3. The fourth-order valence-electron chi connectivity index (χ4n) is 1.78. The second kappa shape index (κ2) is 5.11. The normalized spacial score (nSPS) is 16.0. The van der Waals surface area contributed by atoms with E-state index in [2.05, 4.69) is 25.4 Å². The molecule has 0 saturated carbocycles. The first-order chi connectivity index (χ1) is 9.85. The lowest BCUT2D eigenvalue weighted by Gasteiger charge is -2.23. The van der Waals surface area contributed by atoms with E-state index in [1.807, 2.05) is 0 Å². The molecule has 0 spiro atoms. The lowest BCUT2D eigenvalue weighted by Crippen LogP contribution is -2.37. The van der Waals surface area contributed by atoms with Crippen LogP contribution in [0.15, 0.2) is 38.9 Å². The van der Waals surface area contributed by atoms with Crippen LogP contribution in [0.25, 0.3) is 0 Å². The Balaban J connectivity index is 2.62. The summed E-state index contributed by atoms with van der Waals surface area (Å²) in [6, 6.07) is 3.22. The molecule has 0 aromatic heterocycles. The molecule has 0 aliphatic carbocycles. The van der Waals surface area contributed by atoms with Gasteiger partial charge in [-0.1, -0.05) is 6.07 Å². The van der Waals surface area contributed by atoms with Crippen LogP contribution in [0.3, 0.4) is 0 Å². The first-order valence-corrected chi connectivity index (χ1v) is 5.53. The Morgan fingerprint density at radius 2 is 1.81 bits per heavy atom. The zero-order chi connectivity index (χ0) is 15.7. The van der Waals surface area contributed by atoms with Crippen molar-refractivity contribution in [3.63, 3.8) is 0 Å². The largest absolute Gasteiger partial charge is 0.496 e. The fourth-order valence-corrected chi connectivity index (χ4v) is 1.78. The van der Waals surface area contributed by atoms with Crippen molar-refractivity contribution in [3.8, 4) is 5.75 Å². The Bertz CT molecular complexity index is 616. The number of hydrogen-bond acceptors (Lipinski definition) is 7. The van der Waals surface area contributed by atoms with Gasteiger partial charge in [0.25, 0.3) is 0 Å². The maximum absolute atomic E-state index is 13.2. The summed E-state index contributed by atoms with van der Waals surface area (Å²) in [4.78, 5) is 11.6. The van der Waals surface area contributed by atoms with Gasteiger partial charge >= 0.3 is 17.8 Å². The van der Waals surface area contributed by atoms with Gasteiger partial charge < -0.3 is 9.47 Å². The topological polar surface area (TPSA) is 85.0 Å². The number of rotatable bonds is 3. The third-order valence-electron chi connectivity index (χ3n) is 2.82. The van der Waals surface area contributed by atoms with E-state index >= 15 is 0 Å². The molecule has 0 radical (unpaired) electrons. The van der Waals surface area contributed by atoms with Gasteiger partial charge in [-0.2, -0.15) is 13.2 Å². The molecule has 1 aromatic rings. The number of esters is 1. The van der Waals surface area contributed by atoms with E-state index in [0.717, 1.165) is 19.2 Å². The standard InChI is InChI=1S/C11H9F3N4O3/c1-20-8-4-3-6(5-7(8)9(19)21-2)10(11(12,13)14)15-17-18-16-10/h3-5H,1-2H3. The van der Waals surface area contributed by atoms with Gasteiger partial charge in [-0.15, -0.1) is 10.2 Å². The molecule has 1 aromatic carbocycles. The summed E-state index contributed by atoms with van der Waals surface area (Å²) in [6.07, 6.45) is -4.86. The monoisotopic (exact) mass is 302 g/mol. The summed E-state index contributed by atoms with van der Waals surface area (Å²) in [6.45, 7) is 0. The molecule has 0 N–H and O–H groups in total. The van der Waals surface area contributed by atoms with Crippen molar-refractivity contribution in [1.82, 2.24) is 0 Å². The van der Waals surface area contributed by atoms with Crippen molar-refractivity contribution < 1.29 is 27.4 Å². The van der Waals surface area contributed by atoms with Crippen LogP contribution in [-0.2, 0) is 10.4 Å². The van der Waals surface area contributed by atoms with E-state index < -0.39 is 23.4 Å². The molecular weight excluding hydrogens is 293 g/mol. The SMILES string of the molecule is COC(=O)c1cc(C2(C(F)(F)F)N=NN=N2)ccc1OC. The van der Waals surface area contributed by atoms with Crippen molar-refractivity contribution in [2.24, 2.45) is 20.7 Å². The number of carbonyl (C=O) groups is 1. The van der Waals surface area contributed by atoms with E-state index in [1.54, 1.807) is 0 Å². The molecule has 7 nitrogen and oxygen atoms in total. The molecule has 0 atom stereocenters. The van der Waals surface area contributed by atoms with Crippen LogP contribution in [0.2, 0.25) is 0 Å². The van der Waals surface area contributed by atoms with Crippen LogP contribution in [0.5, 0.6) is 5.75 Å². The predicted molar refractivity (Wildman–Crippen MR) is 61.8 cm³/mol. The second-order valence-corrected chi connectivity index (χ2v) is 3.96. The quantitative estimate of drug-likeness (QED) is 0.804. The Labute approximate surface area is 116 Å². The third kappa shape index (κ3) is 2.32. The minimum atomic E-state index is -4.86. The second-order valence-electron chi connectivity index (χ2n) is 3.96. The molecule has 0 saturated heterocycles. The highest BCUT2D eigenvalue weighted by molar-refractivity contribution is 5.92. The molecular formula is C11H9F3N4O3. The average molecular weight is 302 g/mol. The number of methoxy groups -OCH3 is 2. The van der Waals surface area contributed by atoms with Crippen molar-refractivity contribution in [2.75, 3.05) is 14.2 Å². The number of hydrogen-bond donors (Lipinski definition) is 0. The van der Waals surface area contributed by atoms with Gasteiger partial charge in [0.1, 0.15) is 11.3 Å². The molecule has 10 heteroatoms. The Morgan fingerprint density at radius 3 is 2.29 bits per heavy atom. The van der Waals surface area contributed by atoms with E-state index in [1.165, 1.54) is 13.2 Å². The van der Waals surface area contributed by atoms with E-state index in [0.29, 0.717) is 0 Å². The van der Waals surface area contributed by atoms with E-state index in [9.17, 15) is 18.0 Å². The molecule has 0 amide bonds. The zero-order valence-corrected chi connectivity index (χ0v) is 10.9. The molecule has 112 valence electrons. The summed E-state index contributed by atoms with van der Waals surface area (Å²) in [5, 5.41) is 12.0. The maximum atomic E-state index is 13.2. The summed E-state index contributed by atoms with van der Waals surface area (Å²) in [5.74, 6) is -0.785. The Hall–Kier alpha value is -2.52. The van der Waals surface area contributed by atoms with Crippen LogP contribution < -0.4 is 4.74 Å². The lowest BCUT2D eigenvalue weighted by molar-refractivity contribution is -0.187. The third-order valence-corrected chi connectivity index (χ3v) is 2.82. The molecule has 2 rings (SSSR count). The number of nitrogens with zero attached hydrogens (tertiary/aromatic N) is 4. The number of alkyl halides is 3. The Kier molecular flexibility index (Phi) is 3.62. The van der Waals surface area contributed by atoms with Crippen molar-refractivity contribution in [3.05, 3.63) is 29.3 Å². The van der Waals surface area contributed by atoms with Crippen molar-refractivity contribution in [2.45, 2.75) is 11.8 Å². The van der Waals surface area contributed by atoms with Crippen molar-refractivity contribution in [1.29, 1.82) is 0 Å². The molecule has 1 aliphatic heterocycles. The highest BCUT2D eigenvalue weighted by Crippen LogP contribution is 2.47. The first-order valence-electron chi connectivity index (χ1n) is 5.53. The summed E-state index contributed by atoms with van der Waals surface area (Å²) < 4.78 is 49.2. The number of ether oxygens (including phenoxy) is 2. The van der Waals surface area contributed by atoms with Crippen LogP contribution >= 0.6 is 0 Å².